The van der Waals surface area contributed by atoms with Gasteiger partial charge in [-0.05, 0) is 31.0 Å². The zero-order valence-electron chi connectivity index (χ0n) is 12.6. The number of rotatable bonds is 3. The van der Waals surface area contributed by atoms with Gasteiger partial charge in [0.05, 0.1) is 11.4 Å². The second-order valence-corrected chi connectivity index (χ2v) is 5.63. The maximum atomic E-state index is 12.3. The minimum absolute atomic E-state index is 0.0845. The van der Waals surface area contributed by atoms with E-state index in [2.05, 4.69) is 10.3 Å². The number of nitrogens with zero attached hydrogens (tertiary/aromatic N) is 2. The molecule has 1 N–H and O–H groups in total. The Hall–Kier alpha value is -2.66. The standard InChI is InChI=1S/C18H17N3O2/c22-18(16-8-5-11-23-16)20-14-7-2-1-6-13(14)15-12-21-10-4-3-9-17(21)19-15/h1-4,6-7,9-10,12,16H,5,8,11H2,(H,20,22)/t16-/m1/s1. The Labute approximate surface area is 133 Å². The van der Waals surface area contributed by atoms with Crippen LogP contribution in [0.3, 0.4) is 0 Å². The molecule has 0 saturated carbocycles. The molecule has 3 aromatic rings. The Morgan fingerprint density at radius 3 is 2.91 bits per heavy atom. The van der Waals surface area contributed by atoms with Crippen LogP contribution in [0.5, 0.6) is 0 Å². The van der Waals surface area contributed by atoms with Crippen LogP contribution < -0.4 is 5.32 Å². The van der Waals surface area contributed by atoms with Crippen LogP contribution >= 0.6 is 0 Å². The van der Waals surface area contributed by atoms with E-state index < -0.39 is 0 Å². The van der Waals surface area contributed by atoms with E-state index in [0.29, 0.717) is 6.61 Å². The lowest BCUT2D eigenvalue weighted by Crippen LogP contribution is -2.27. The maximum absolute atomic E-state index is 12.3. The van der Waals surface area contributed by atoms with Crippen LogP contribution in [0, 0.1) is 0 Å². The third kappa shape index (κ3) is 2.71. The minimum Gasteiger partial charge on any atom is -0.368 e. The molecule has 1 aliphatic rings. The Morgan fingerprint density at radius 1 is 1.22 bits per heavy atom. The fourth-order valence-corrected chi connectivity index (χ4v) is 2.88. The lowest BCUT2D eigenvalue weighted by atomic mass is 10.1. The molecule has 1 saturated heterocycles. The summed E-state index contributed by atoms with van der Waals surface area (Å²) in [6.07, 6.45) is 5.30. The van der Waals surface area contributed by atoms with Crippen molar-refractivity contribution in [3.05, 3.63) is 54.9 Å². The molecule has 116 valence electrons. The molecule has 3 heterocycles. The largest absolute Gasteiger partial charge is 0.368 e. The number of carbonyl (C=O) groups is 1. The Balaban J connectivity index is 1.67. The van der Waals surface area contributed by atoms with Crippen molar-refractivity contribution < 1.29 is 9.53 Å². The van der Waals surface area contributed by atoms with Crippen LogP contribution in [0.15, 0.2) is 54.9 Å². The van der Waals surface area contributed by atoms with Crippen molar-refractivity contribution >= 4 is 17.2 Å². The molecule has 0 unspecified atom stereocenters. The molecule has 0 spiro atoms. The molecule has 5 nitrogen and oxygen atoms in total. The van der Waals surface area contributed by atoms with Crippen molar-refractivity contribution in [1.82, 2.24) is 9.38 Å². The topological polar surface area (TPSA) is 55.6 Å². The summed E-state index contributed by atoms with van der Waals surface area (Å²) in [5.74, 6) is -0.0845. The van der Waals surface area contributed by atoms with Gasteiger partial charge in [-0.15, -0.1) is 0 Å². The molecule has 1 atom stereocenters. The molecule has 2 aromatic heterocycles. The molecular weight excluding hydrogens is 290 g/mol. The average Bonchev–Trinajstić information content (AvgIpc) is 3.25. The van der Waals surface area contributed by atoms with E-state index in [-0.39, 0.29) is 12.0 Å². The van der Waals surface area contributed by atoms with Crippen LogP contribution in [-0.4, -0.2) is 28.0 Å². The summed E-state index contributed by atoms with van der Waals surface area (Å²) in [5, 5.41) is 2.98. The Bertz CT molecular complexity index is 817. The first kappa shape index (κ1) is 14.0. The summed E-state index contributed by atoms with van der Waals surface area (Å²) in [6, 6.07) is 13.6. The highest BCUT2D eigenvalue weighted by atomic mass is 16.5. The number of carbonyl (C=O) groups excluding carboxylic acids is 1. The highest BCUT2D eigenvalue weighted by molar-refractivity contribution is 5.97. The zero-order chi connectivity index (χ0) is 15.6. The molecule has 23 heavy (non-hydrogen) atoms. The van der Waals surface area contributed by atoms with Crippen molar-refractivity contribution in [3.8, 4) is 11.3 Å². The summed E-state index contributed by atoms with van der Waals surface area (Å²) < 4.78 is 7.42. The molecule has 1 aromatic carbocycles. The molecule has 0 aliphatic carbocycles. The lowest BCUT2D eigenvalue weighted by molar-refractivity contribution is -0.124. The van der Waals surface area contributed by atoms with E-state index in [9.17, 15) is 4.79 Å². The third-order valence-electron chi connectivity index (χ3n) is 4.05. The predicted molar refractivity (Wildman–Crippen MR) is 88.2 cm³/mol. The van der Waals surface area contributed by atoms with Gasteiger partial charge in [0.25, 0.3) is 5.91 Å². The number of hydrogen-bond acceptors (Lipinski definition) is 3. The summed E-state index contributed by atoms with van der Waals surface area (Å²) in [7, 11) is 0. The van der Waals surface area contributed by atoms with Gasteiger partial charge in [-0.3, -0.25) is 4.79 Å². The van der Waals surface area contributed by atoms with Crippen molar-refractivity contribution in [2.75, 3.05) is 11.9 Å². The van der Waals surface area contributed by atoms with Gasteiger partial charge in [0.2, 0.25) is 0 Å². The monoisotopic (exact) mass is 307 g/mol. The van der Waals surface area contributed by atoms with Gasteiger partial charge >= 0.3 is 0 Å². The predicted octanol–water partition coefficient (Wildman–Crippen LogP) is 3.12. The second kappa shape index (κ2) is 5.85. The smallest absolute Gasteiger partial charge is 0.253 e. The summed E-state index contributed by atoms with van der Waals surface area (Å²) in [6.45, 7) is 0.659. The van der Waals surface area contributed by atoms with Crippen molar-refractivity contribution in [3.63, 3.8) is 0 Å². The molecule has 4 rings (SSSR count). The number of pyridine rings is 1. The van der Waals surface area contributed by atoms with Crippen LogP contribution in [0.1, 0.15) is 12.8 Å². The first-order valence-corrected chi connectivity index (χ1v) is 7.77. The van der Waals surface area contributed by atoms with Crippen LogP contribution in [0.25, 0.3) is 16.9 Å². The van der Waals surface area contributed by atoms with E-state index >= 15 is 0 Å². The molecule has 1 amide bonds. The number of aromatic nitrogens is 2. The number of fused-ring (bicyclic) bond motifs is 1. The Kier molecular flexibility index (Phi) is 3.55. The maximum Gasteiger partial charge on any atom is 0.253 e. The van der Waals surface area contributed by atoms with E-state index in [0.717, 1.165) is 35.4 Å². The van der Waals surface area contributed by atoms with Crippen LogP contribution in [0.2, 0.25) is 0 Å². The first-order valence-electron chi connectivity index (χ1n) is 7.77. The average molecular weight is 307 g/mol. The van der Waals surface area contributed by atoms with Crippen LogP contribution in [0.4, 0.5) is 5.69 Å². The molecule has 5 heteroatoms. The van der Waals surface area contributed by atoms with Gasteiger partial charge < -0.3 is 14.5 Å². The molecule has 1 fully saturated rings. The first-order chi connectivity index (χ1) is 11.3. The number of amides is 1. The van der Waals surface area contributed by atoms with Gasteiger partial charge in [0.1, 0.15) is 11.8 Å². The van der Waals surface area contributed by atoms with Crippen molar-refractivity contribution in [2.45, 2.75) is 18.9 Å². The van der Waals surface area contributed by atoms with E-state index in [1.54, 1.807) is 0 Å². The second-order valence-electron chi connectivity index (χ2n) is 5.63. The highest BCUT2D eigenvalue weighted by Gasteiger charge is 2.24. The quantitative estimate of drug-likeness (QED) is 0.809. The van der Waals surface area contributed by atoms with Gasteiger partial charge in [0.15, 0.2) is 0 Å². The van der Waals surface area contributed by atoms with Gasteiger partial charge in [-0.1, -0.05) is 24.3 Å². The summed E-state index contributed by atoms with van der Waals surface area (Å²) >= 11 is 0. The Morgan fingerprint density at radius 2 is 2.09 bits per heavy atom. The molecule has 1 aliphatic heterocycles. The number of nitrogens with one attached hydrogen (secondary N) is 1. The summed E-state index contributed by atoms with van der Waals surface area (Å²) in [5.41, 5.74) is 3.38. The number of imidazole rings is 1. The van der Waals surface area contributed by atoms with Crippen molar-refractivity contribution in [2.24, 2.45) is 0 Å². The normalized spacial score (nSPS) is 17.5. The lowest BCUT2D eigenvalue weighted by Gasteiger charge is -2.13. The number of para-hydroxylation sites is 1. The van der Waals surface area contributed by atoms with Crippen molar-refractivity contribution in [1.29, 1.82) is 0 Å². The van der Waals surface area contributed by atoms with E-state index in [4.69, 9.17) is 4.74 Å². The van der Waals surface area contributed by atoms with E-state index in [1.807, 2.05) is 59.3 Å². The number of hydrogen-bond donors (Lipinski definition) is 1. The van der Waals surface area contributed by atoms with Crippen LogP contribution in [-0.2, 0) is 9.53 Å². The number of anilines is 1. The zero-order valence-corrected chi connectivity index (χ0v) is 12.6. The highest BCUT2D eigenvalue weighted by Crippen LogP contribution is 2.28. The third-order valence-corrected chi connectivity index (χ3v) is 4.05. The molecule has 0 bridgehead atoms. The molecular formula is C18H17N3O2. The van der Waals surface area contributed by atoms with Gasteiger partial charge in [0, 0.05) is 24.6 Å². The summed E-state index contributed by atoms with van der Waals surface area (Å²) in [4.78, 5) is 16.9. The fourth-order valence-electron chi connectivity index (χ4n) is 2.88. The SMILES string of the molecule is O=C(Nc1ccccc1-c1cn2ccccc2n1)[C@H]1CCCO1. The fraction of sp³-hybridized carbons (Fsp3) is 0.222. The van der Waals surface area contributed by atoms with Gasteiger partial charge in [-0.2, -0.15) is 0 Å². The number of benzene rings is 1. The molecule has 0 radical (unpaired) electrons. The minimum atomic E-state index is -0.343. The van der Waals surface area contributed by atoms with Gasteiger partial charge in [-0.25, -0.2) is 4.98 Å². The number of ether oxygens (including phenoxy) is 1. The van der Waals surface area contributed by atoms with E-state index in [1.165, 1.54) is 0 Å².